The van der Waals surface area contributed by atoms with E-state index in [2.05, 4.69) is 15.4 Å². The molecule has 0 radical (unpaired) electrons. The van der Waals surface area contributed by atoms with Gasteiger partial charge in [0.05, 0.1) is 17.4 Å². The molecule has 6 nitrogen and oxygen atoms in total. The lowest BCUT2D eigenvalue weighted by Crippen LogP contribution is -2.24. The molecule has 2 aromatic heterocycles. The van der Waals surface area contributed by atoms with E-state index in [0.29, 0.717) is 19.2 Å². The quantitative estimate of drug-likeness (QED) is 0.809. The minimum atomic E-state index is -4.51. The molecule has 124 valence electrons. The largest absolute Gasteiger partial charge is 0.417 e. The second kappa shape index (κ2) is 6.97. The van der Waals surface area contributed by atoms with Crippen LogP contribution in [0.2, 0.25) is 5.02 Å². The summed E-state index contributed by atoms with van der Waals surface area (Å²) in [6.07, 6.45) is -2.17. The molecule has 0 amide bonds. The van der Waals surface area contributed by atoms with Gasteiger partial charge in [0.25, 0.3) is 5.56 Å². The number of nitrogens with one attached hydrogen (secondary N) is 1. The molecule has 0 spiro atoms. The van der Waals surface area contributed by atoms with Crippen molar-refractivity contribution in [3.8, 4) is 5.82 Å². The molecule has 0 aromatic carbocycles. The number of aliphatic hydroxyl groups excluding tert-OH is 1. The average Bonchev–Trinajstić information content (AvgIpc) is 2.51. The number of nitrogens with zero attached hydrogens (tertiary/aromatic N) is 3. The lowest BCUT2D eigenvalue weighted by molar-refractivity contribution is -0.137. The summed E-state index contributed by atoms with van der Waals surface area (Å²) in [6, 6.07) is 1.84. The number of hydrogen-bond donors (Lipinski definition) is 2. The number of pyridine rings is 1. The van der Waals surface area contributed by atoms with Gasteiger partial charge in [-0.25, -0.2) is 4.98 Å². The molecular weight excluding hydrogens is 337 g/mol. The van der Waals surface area contributed by atoms with E-state index in [-0.39, 0.29) is 23.1 Å². The molecule has 2 rings (SSSR count). The van der Waals surface area contributed by atoms with Gasteiger partial charge in [-0.2, -0.15) is 23.0 Å². The molecular formula is C13H12ClF3N4O2. The Labute approximate surface area is 133 Å². The smallest absolute Gasteiger partial charge is 0.396 e. The van der Waals surface area contributed by atoms with E-state index in [1.165, 1.54) is 6.20 Å². The van der Waals surface area contributed by atoms with E-state index in [9.17, 15) is 18.0 Å². The lowest BCUT2D eigenvalue weighted by Gasteiger charge is -2.10. The highest BCUT2D eigenvalue weighted by molar-refractivity contribution is 6.32. The summed E-state index contributed by atoms with van der Waals surface area (Å²) in [7, 11) is 0. The minimum absolute atomic E-state index is 0.0232. The highest BCUT2D eigenvalue weighted by Gasteiger charge is 2.30. The van der Waals surface area contributed by atoms with Crippen LogP contribution in [0.4, 0.5) is 18.9 Å². The highest BCUT2D eigenvalue weighted by Crippen LogP contribution is 2.28. The summed E-state index contributed by atoms with van der Waals surface area (Å²) in [5, 5.41) is 15.2. The zero-order valence-corrected chi connectivity index (χ0v) is 12.4. The molecule has 0 aliphatic rings. The topological polar surface area (TPSA) is 80.0 Å². The molecule has 0 saturated heterocycles. The van der Waals surface area contributed by atoms with Gasteiger partial charge in [-0.15, -0.1) is 0 Å². The number of anilines is 1. The summed E-state index contributed by atoms with van der Waals surface area (Å²) in [5.74, 6) is -0.0770. The van der Waals surface area contributed by atoms with Crippen molar-refractivity contribution >= 4 is 17.3 Å². The molecule has 0 aliphatic heterocycles. The van der Waals surface area contributed by atoms with Crippen LogP contribution in [0.15, 0.2) is 29.3 Å². The van der Waals surface area contributed by atoms with Crippen LogP contribution >= 0.6 is 11.6 Å². The van der Waals surface area contributed by atoms with E-state index in [0.717, 1.165) is 16.8 Å². The van der Waals surface area contributed by atoms with Crippen molar-refractivity contribution in [3.63, 3.8) is 0 Å². The Kier molecular flexibility index (Phi) is 5.22. The van der Waals surface area contributed by atoms with E-state index in [1.54, 1.807) is 0 Å². The van der Waals surface area contributed by atoms with Crippen LogP contribution in [0.1, 0.15) is 12.0 Å². The Hall–Kier alpha value is -2.13. The van der Waals surface area contributed by atoms with Crippen molar-refractivity contribution in [3.05, 3.63) is 45.5 Å². The van der Waals surface area contributed by atoms with Crippen LogP contribution in [0.25, 0.3) is 5.82 Å². The maximum absolute atomic E-state index is 12.5. The van der Waals surface area contributed by atoms with Crippen LogP contribution in [-0.4, -0.2) is 33.0 Å². The van der Waals surface area contributed by atoms with Gasteiger partial charge in [0.1, 0.15) is 5.02 Å². The molecule has 0 fully saturated rings. The third-order valence-electron chi connectivity index (χ3n) is 2.86. The molecule has 0 aliphatic carbocycles. The van der Waals surface area contributed by atoms with E-state index in [4.69, 9.17) is 16.7 Å². The molecule has 23 heavy (non-hydrogen) atoms. The maximum Gasteiger partial charge on any atom is 0.417 e. The van der Waals surface area contributed by atoms with Crippen LogP contribution < -0.4 is 10.9 Å². The van der Waals surface area contributed by atoms with E-state index < -0.39 is 17.3 Å². The fraction of sp³-hybridized carbons (Fsp3) is 0.308. The Bertz CT molecular complexity index is 731. The molecule has 0 bridgehead atoms. The Morgan fingerprint density at radius 3 is 2.61 bits per heavy atom. The summed E-state index contributed by atoms with van der Waals surface area (Å²) >= 11 is 5.92. The first-order chi connectivity index (χ1) is 10.8. The van der Waals surface area contributed by atoms with Gasteiger partial charge >= 0.3 is 6.18 Å². The molecule has 0 unspecified atom stereocenters. The normalized spacial score (nSPS) is 11.5. The van der Waals surface area contributed by atoms with Gasteiger partial charge in [-0.05, 0) is 18.6 Å². The average molecular weight is 349 g/mol. The van der Waals surface area contributed by atoms with Crippen molar-refractivity contribution in [2.75, 3.05) is 18.5 Å². The number of aliphatic hydroxyl groups is 1. The van der Waals surface area contributed by atoms with Crippen molar-refractivity contribution in [2.45, 2.75) is 12.6 Å². The Morgan fingerprint density at radius 2 is 2.04 bits per heavy atom. The van der Waals surface area contributed by atoms with E-state index in [1.807, 2.05) is 0 Å². The third-order valence-corrected chi connectivity index (χ3v) is 3.23. The SMILES string of the molecule is O=c1c(Cl)c(NCCCO)cnn1-c1ccc(C(F)(F)F)cn1. The third kappa shape index (κ3) is 3.99. The highest BCUT2D eigenvalue weighted by atomic mass is 35.5. The molecule has 2 aromatic rings. The Morgan fingerprint density at radius 1 is 1.30 bits per heavy atom. The number of rotatable bonds is 5. The van der Waals surface area contributed by atoms with Crippen LogP contribution in [0.3, 0.4) is 0 Å². The summed E-state index contributed by atoms with van der Waals surface area (Å²) in [4.78, 5) is 15.7. The van der Waals surface area contributed by atoms with Crippen molar-refractivity contribution in [1.29, 1.82) is 0 Å². The molecule has 0 saturated carbocycles. The number of alkyl halides is 3. The second-order valence-corrected chi connectivity index (χ2v) is 4.87. The van der Waals surface area contributed by atoms with Gasteiger partial charge in [0, 0.05) is 19.3 Å². The molecule has 0 atom stereocenters. The predicted octanol–water partition coefficient (Wildman–Crippen LogP) is 2.09. The predicted molar refractivity (Wildman–Crippen MR) is 77.8 cm³/mol. The standard InChI is InChI=1S/C13H12ClF3N4O2/c14-11-9(18-4-1-5-22)7-20-21(12(11)23)10-3-2-8(6-19-10)13(15,16)17/h2-3,6-7,18,22H,1,4-5H2. The van der Waals surface area contributed by atoms with Gasteiger partial charge < -0.3 is 10.4 Å². The van der Waals surface area contributed by atoms with Gasteiger partial charge in [0.15, 0.2) is 5.82 Å². The van der Waals surface area contributed by atoms with Crippen LogP contribution in [0, 0.1) is 0 Å². The summed E-state index contributed by atoms with van der Waals surface area (Å²) < 4.78 is 38.3. The van der Waals surface area contributed by atoms with Gasteiger partial charge in [-0.3, -0.25) is 4.79 Å². The fourth-order valence-corrected chi connectivity index (χ4v) is 1.90. The number of halogens is 4. The van der Waals surface area contributed by atoms with Gasteiger partial charge in [0.2, 0.25) is 0 Å². The minimum Gasteiger partial charge on any atom is -0.396 e. The zero-order valence-electron chi connectivity index (χ0n) is 11.6. The number of aromatic nitrogens is 3. The zero-order chi connectivity index (χ0) is 17.0. The summed E-state index contributed by atoms with van der Waals surface area (Å²) in [5.41, 5.74) is -1.37. The van der Waals surface area contributed by atoms with Crippen LogP contribution in [0.5, 0.6) is 0 Å². The van der Waals surface area contributed by atoms with Crippen molar-refractivity contribution < 1.29 is 18.3 Å². The molecule has 2 heterocycles. The molecule has 10 heteroatoms. The molecule has 2 N–H and O–H groups in total. The Balaban J connectivity index is 2.30. The maximum atomic E-state index is 12.5. The first kappa shape index (κ1) is 17.2. The second-order valence-electron chi connectivity index (χ2n) is 4.50. The van der Waals surface area contributed by atoms with Gasteiger partial charge in [-0.1, -0.05) is 11.6 Å². The van der Waals surface area contributed by atoms with E-state index >= 15 is 0 Å². The monoisotopic (exact) mass is 348 g/mol. The van der Waals surface area contributed by atoms with Crippen LogP contribution in [-0.2, 0) is 6.18 Å². The fourth-order valence-electron chi connectivity index (χ4n) is 1.70. The van der Waals surface area contributed by atoms with Crippen molar-refractivity contribution in [1.82, 2.24) is 14.8 Å². The van der Waals surface area contributed by atoms with Crippen molar-refractivity contribution in [2.24, 2.45) is 0 Å². The summed E-state index contributed by atoms with van der Waals surface area (Å²) in [6.45, 7) is 0.366. The first-order valence-corrected chi connectivity index (χ1v) is 6.88. The number of hydrogen-bond acceptors (Lipinski definition) is 5. The first-order valence-electron chi connectivity index (χ1n) is 6.51. The lowest BCUT2D eigenvalue weighted by atomic mass is 10.3.